The maximum atomic E-state index is 11.6. The molecular formula is C32H29N3O3. The van der Waals surface area contributed by atoms with Gasteiger partial charge in [-0.15, -0.1) is 0 Å². The van der Waals surface area contributed by atoms with E-state index < -0.39 is 5.97 Å². The molecule has 1 aliphatic carbocycles. The summed E-state index contributed by atoms with van der Waals surface area (Å²) in [4.78, 5) is 21.1. The highest BCUT2D eigenvalue weighted by atomic mass is 16.5. The van der Waals surface area contributed by atoms with E-state index in [9.17, 15) is 9.90 Å². The van der Waals surface area contributed by atoms with Gasteiger partial charge in [0.05, 0.1) is 22.3 Å². The van der Waals surface area contributed by atoms with E-state index in [1.165, 1.54) is 19.3 Å². The van der Waals surface area contributed by atoms with Crippen molar-refractivity contribution in [1.29, 1.82) is 0 Å². The summed E-state index contributed by atoms with van der Waals surface area (Å²) < 4.78 is 8.79. The molecule has 1 aliphatic rings. The standard InChI is InChI=1S/C32H29N3O3/c36-32(37)24-16-19-29-28(21-24)34-31(35(29)25-11-5-2-6-12-25)23-14-17-26(18-15-23)38-30(22-9-3-1-4-10-22)27-13-7-8-20-33-27/h1,3-4,7-10,13-21,25,30H,2,5-6,11-12H2,(H,36,37). The van der Waals surface area contributed by atoms with Gasteiger partial charge in [-0.2, -0.15) is 0 Å². The fourth-order valence-electron chi connectivity index (χ4n) is 5.42. The summed E-state index contributed by atoms with van der Waals surface area (Å²) in [5.74, 6) is 0.662. The van der Waals surface area contributed by atoms with E-state index in [0.717, 1.165) is 46.8 Å². The lowest BCUT2D eigenvalue weighted by atomic mass is 9.95. The van der Waals surface area contributed by atoms with Gasteiger partial charge in [0.2, 0.25) is 0 Å². The average molecular weight is 504 g/mol. The fraction of sp³-hybridized carbons (Fsp3) is 0.219. The van der Waals surface area contributed by atoms with E-state index in [1.807, 2.05) is 78.9 Å². The lowest BCUT2D eigenvalue weighted by Gasteiger charge is -2.25. The molecule has 0 spiro atoms. The SMILES string of the molecule is O=C(O)c1ccc2c(c1)nc(-c1ccc(OC(c3ccccc3)c3ccccn3)cc1)n2C1CCCCC1. The van der Waals surface area contributed by atoms with Gasteiger partial charge >= 0.3 is 5.97 Å². The number of imidazole rings is 1. The molecule has 6 heteroatoms. The van der Waals surface area contributed by atoms with Crippen LogP contribution < -0.4 is 4.74 Å². The molecule has 1 atom stereocenters. The number of carbonyl (C=O) groups is 1. The predicted octanol–water partition coefficient (Wildman–Crippen LogP) is 7.47. The molecule has 6 rings (SSSR count). The van der Waals surface area contributed by atoms with E-state index in [1.54, 1.807) is 18.3 Å². The second-order valence-corrected chi connectivity index (χ2v) is 9.79. The van der Waals surface area contributed by atoms with E-state index in [0.29, 0.717) is 11.6 Å². The first kappa shape index (κ1) is 23.9. The number of carboxylic acids is 1. The molecule has 1 fully saturated rings. The number of aromatic carboxylic acids is 1. The minimum atomic E-state index is -0.942. The van der Waals surface area contributed by atoms with Gasteiger partial charge < -0.3 is 14.4 Å². The van der Waals surface area contributed by atoms with Crippen LogP contribution in [0.1, 0.15) is 65.9 Å². The molecule has 0 radical (unpaired) electrons. The molecule has 0 saturated heterocycles. The number of carboxylic acid groups (broad SMARTS) is 1. The second-order valence-electron chi connectivity index (χ2n) is 9.79. The largest absolute Gasteiger partial charge is 0.479 e. The first-order chi connectivity index (χ1) is 18.7. The van der Waals surface area contributed by atoms with Crippen molar-refractivity contribution in [2.24, 2.45) is 0 Å². The minimum absolute atomic E-state index is 0.252. The third-order valence-electron chi connectivity index (χ3n) is 7.30. The molecule has 2 heterocycles. The summed E-state index contributed by atoms with van der Waals surface area (Å²) in [6.45, 7) is 0. The smallest absolute Gasteiger partial charge is 0.335 e. The third kappa shape index (κ3) is 4.77. The molecular weight excluding hydrogens is 474 g/mol. The lowest BCUT2D eigenvalue weighted by Crippen LogP contribution is -2.14. The van der Waals surface area contributed by atoms with E-state index in [4.69, 9.17) is 9.72 Å². The van der Waals surface area contributed by atoms with Gasteiger partial charge in [0, 0.05) is 17.8 Å². The van der Waals surface area contributed by atoms with Gasteiger partial charge in [-0.05, 0) is 73.0 Å². The van der Waals surface area contributed by atoms with Gasteiger partial charge in [0.15, 0.2) is 6.10 Å². The Morgan fingerprint density at radius 1 is 0.895 bits per heavy atom. The Bertz CT molecular complexity index is 1500. The van der Waals surface area contributed by atoms with Crippen LogP contribution in [0.5, 0.6) is 5.75 Å². The summed E-state index contributed by atoms with van der Waals surface area (Å²) >= 11 is 0. The van der Waals surface area contributed by atoms with Crippen LogP contribution in [0.25, 0.3) is 22.4 Å². The molecule has 38 heavy (non-hydrogen) atoms. The number of ether oxygens (including phenoxy) is 1. The van der Waals surface area contributed by atoms with E-state index in [-0.39, 0.29) is 11.7 Å². The van der Waals surface area contributed by atoms with Crippen molar-refractivity contribution in [3.63, 3.8) is 0 Å². The average Bonchev–Trinajstić information content (AvgIpc) is 3.36. The van der Waals surface area contributed by atoms with Crippen molar-refractivity contribution in [3.05, 3.63) is 114 Å². The summed E-state index contributed by atoms with van der Waals surface area (Å²) in [6.07, 6.45) is 7.29. The van der Waals surface area contributed by atoms with Crippen LogP contribution >= 0.6 is 0 Å². The predicted molar refractivity (Wildman–Crippen MR) is 147 cm³/mol. The Hall–Kier alpha value is -4.45. The minimum Gasteiger partial charge on any atom is -0.479 e. The van der Waals surface area contributed by atoms with Crippen LogP contribution in [0.4, 0.5) is 0 Å². The highest BCUT2D eigenvalue weighted by Gasteiger charge is 2.23. The first-order valence-electron chi connectivity index (χ1n) is 13.2. The normalized spacial score (nSPS) is 14.8. The molecule has 0 aliphatic heterocycles. The Morgan fingerprint density at radius 3 is 2.37 bits per heavy atom. The van der Waals surface area contributed by atoms with Crippen molar-refractivity contribution in [2.45, 2.75) is 44.2 Å². The molecule has 6 nitrogen and oxygen atoms in total. The quantitative estimate of drug-likeness (QED) is 0.249. The zero-order valence-electron chi connectivity index (χ0n) is 21.0. The van der Waals surface area contributed by atoms with Crippen molar-refractivity contribution in [3.8, 4) is 17.1 Å². The van der Waals surface area contributed by atoms with Gasteiger partial charge in [-0.3, -0.25) is 4.98 Å². The van der Waals surface area contributed by atoms with Crippen molar-refractivity contribution in [2.75, 3.05) is 0 Å². The van der Waals surface area contributed by atoms with Crippen LogP contribution in [0.3, 0.4) is 0 Å². The molecule has 1 unspecified atom stereocenters. The topological polar surface area (TPSA) is 77.2 Å². The van der Waals surface area contributed by atoms with Crippen LogP contribution in [0.15, 0.2) is 97.2 Å². The van der Waals surface area contributed by atoms with Gasteiger partial charge in [-0.25, -0.2) is 9.78 Å². The second kappa shape index (κ2) is 10.5. The number of aromatic nitrogens is 3. The Morgan fingerprint density at radius 2 is 1.66 bits per heavy atom. The molecule has 3 aromatic carbocycles. The maximum Gasteiger partial charge on any atom is 0.335 e. The molecule has 2 aromatic heterocycles. The Labute approximate surface area is 221 Å². The number of hydrogen-bond acceptors (Lipinski definition) is 4. The highest BCUT2D eigenvalue weighted by Crippen LogP contribution is 2.37. The first-order valence-corrected chi connectivity index (χ1v) is 13.2. The molecule has 0 bridgehead atoms. The third-order valence-corrected chi connectivity index (χ3v) is 7.30. The monoisotopic (exact) mass is 503 g/mol. The van der Waals surface area contributed by atoms with Gasteiger partial charge in [-0.1, -0.05) is 55.7 Å². The number of nitrogens with zero attached hydrogens (tertiary/aromatic N) is 3. The highest BCUT2D eigenvalue weighted by molar-refractivity contribution is 5.93. The van der Waals surface area contributed by atoms with Gasteiger partial charge in [0.25, 0.3) is 0 Å². The molecule has 190 valence electrons. The van der Waals surface area contributed by atoms with E-state index in [2.05, 4.69) is 9.55 Å². The zero-order chi connectivity index (χ0) is 25.9. The number of benzene rings is 3. The number of hydrogen-bond donors (Lipinski definition) is 1. The number of pyridine rings is 1. The van der Waals surface area contributed by atoms with Crippen LogP contribution in [0.2, 0.25) is 0 Å². The zero-order valence-corrected chi connectivity index (χ0v) is 21.0. The fourth-order valence-corrected chi connectivity index (χ4v) is 5.42. The maximum absolute atomic E-state index is 11.6. The number of fused-ring (bicyclic) bond motifs is 1. The van der Waals surface area contributed by atoms with Crippen LogP contribution in [-0.4, -0.2) is 25.6 Å². The molecule has 5 aromatic rings. The lowest BCUT2D eigenvalue weighted by molar-refractivity contribution is 0.0697. The Balaban J connectivity index is 1.36. The summed E-state index contributed by atoms with van der Waals surface area (Å²) in [7, 11) is 0. The molecule has 1 saturated carbocycles. The Kier molecular flexibility index (Phi) is 6.61. The molecule has 0 amide bonds. The molecule has 1 N–H and O–H groups in total. The van der Waals surface area contributed by atoms with E-state index >= 15 is 0 Å². The summed E-state index contributed by atoms with van der Waals surface area (Å²) in [5.41, 5.74) is 4.80. The van der Waals surface area contributed by atoms with Crippen LogP contribution in [0, 0.1) is 0 Å². The van der Waals surface area contributed by atoms with Crippen LogP contribution in [-0.2, 0) is 0 Å². The van der Waals surface area contributed by atoms with Crippen molar-refractivity contribution >= 4 is 17.0 Å². The van der Waals surface area contributed by atoms with Crippen molar-refractivity contribution < 1.29 is 14.6 Å². The summed E-state index contributed by atoms with van der Waals surface area (Å²) in [5, 5.41) is 9.50. The summed E-state index contributed by atoms with van der Waals surface area (Å²) in [6, 6.07) is 29.6. The van der Waals surface area contributed by atoms with Gasteiger partial charge in [0.1, 0.15) is 11.6 Å². The number of rotatable bonds is 7. The van der Waals surface area contributed by atoms with Crippen molar-refractivity contribution in [1.82, 2.24) is 14.5 Å².